The van der Waals surface area contributed by atoms with E-state index in [4.69, 9.17) is 17.0 Å². The number of nitrogens with zero attached hydrogens (tertiary/aromatic N) is 3. The first-order valence-electron chi connectivity index (χ1n) is 2.94. The van der Waals surface area contributed by atoms with Crippen molar-refractivity contribution in [3.8, 4) is 0 Å². The Morgan fingerprint density at radius 2 is 2.15 bits per heavy atom. The first-order valence-corrected chi connectivity index (χ1v) is 3.32. The zero-order chi connectivity index (χ0) is 9.14. The van der Waals surface area contributed by atoms with Crippen molar-refractivity contribution in [1.82, 2.24) is 0 Å². The molecule has 0 spiro atoms. The number of nitro benzene ring substituents is 1. The number of benzene rings is 1. The van der Waals surface area contributed by atoms with Gasteiger partial charge < -0.3 is 12.4 Å². The Bertz CT molecular complexity index is 375. The van der Waals surface area contributed by atoms with Crippen molar-refractivity contribution in [1.29, 1.82) is 5.39 Å². The van der Waals surface area contributed by atoms with Crippen LogP contribution in [0.25, 0.3) is 4.98 Å². The highest BCUT2D eigenvalue weighted by molar-refractivity contribution is 6.30. The van der Waals surface area contributed by atoms with E-state index in [9.17, 15) is 10.1 Å². The van der Waals surface area contributed by atoms with Crippen molar-refractivity contribution in [3.05, 3.63) is 38.3 Å². The van der Waals surface area contributed by atoms with Crippen LogP contribution in [0.3, 0.4) is 0 Å². The van der Waals surface area contributed by atoms with Crippen LogP contribution in [0.2, 0.25) is 5.02 Å². The van der Waals surface area contributed by atoms with Gasteiger partial charge in [0.25, 0.3) is 0 Å². The summed E-state index contributed by atoms with van der Waals surface area (Å²) in [6.45, 7) is 0. The summed E-state index contributed by atoms with van der Waals surface area (Å²) in [7, 11) is 0. The zero-order valence-electron chi connectivity index (χ0n) is 6.15. The molecule has 0 radical (unpaired) electrons. The van der Waals surface area contributed by atoms with E-state index in [0.29, 0.717) is 0 Å². The summed E-state index contributed by atoms with van der Waals surface area (Å²) < 4.78 is 0. The van der Waals surface area contributed by atoms with Gasteiger partial charge in [0.1, 0.15) is 0 Å². The molecule has 0 aliphatic rings. The Balaban J connectivity index is 0.00000144. The van der Waals surface area contributed by atoms with Crippen LogP contribution in [0, 0.1) is 15.5 Å². The molecule has 0 aliphatic heterocycles. The van der Waals surface area contributed by atoms with E-state index in [1.807, 2.05) is 0 Å². The van der Waals surface area contributed by atoms with Crippen molar-refractivity contribution in [2.24, 2.45) is 0 Å². The third-order valence-electron chi connectivity index (χ3n) is 1.24. The number of hydrogen-bond acceptors (Lipinski definition) is 3. The fourth-order valence-electron chi connectivity index (χ4n) is 0.727. The summed E-state index contributed by atoms with van der Waals surface area (Å²) >= 11 is 5.49. The molecule has 1 rings (SSSR count). The first kappa shape index (κ1) is 11.6. The van der Waals surface area contributed by atoms with Crippen molar-refractivity contribution in [2.75, 3.05) is 0 Å². The van der Waals surface area contributed by atoms with Crippen molar-refractivity contribution in [2.45, 2.75) is 0 Å². The molecule has 0 N–H and O–H groups in total. The van der Waals surface area contributed by atoms with Gasteiger partial charge in [-0.1, -0.05) is 11.6 Å². The minimum Gasteiger partial charge on any atom is -1.00 e. The highest BCUT2D eigenvalue weighted by Gasteiger charge is 2.23. The van der Waals surface area contributed by atoms with Crippen LogP contribution in [0.4, 0.5) is 11.4 Å². The van der Waals surface area contributed by atoms with Crippen molar-refractivity contribution >= 4 is 23.0 Å². The zero-order valence-corrected chi connectivity index (χ0v) is 7.66. The monoisotopic (exact) mass is 219 g/mol. The third-order valence-corrected chi connectivity index (χ3v) is 1.48. The molecule has 68 valence electrons. The first-order chi connectivity index (χ1) is 5.65. The van der Waals surface area contributed by atoms with Crippen molar-refractivity contribution < 1.29 is 17.3 Å². The Morgan fingerprint density at radius 3 is 2.62 bits per heavy atom. The van der Waals surface area contributed by atoms with Gasteiger partial charge in [-0.3, -0.25) is 10.1 Å². The normalized spacial score (nSPS) is 8.31. The van der Waals surface area contributed by atoms with Gasteiger partial charge in [0.05, 0.1) is 4.92 Å². The van der Waals surface area contributed by atoms with Crippen LogP contribution in [0.15, 0.2) is 18.2 Å². The molecular formula is C6H3Cl2N3O2. The highest BCUT2D eigenvalue weighted by Crippen LogP contribution is 2.29. The molecule has 0 saturated heterocycles. The van der Waals surface area contributed by atoms with Crippen LogP contribution in [0.5, 0.6) is 0 Å². The molecule has 7 heteroatoms. The van der Waals surface area contributed by atoms with Crippen LogP contribution < -0.4 is 12.4 Å². The molecule has 0 fully saturated rings. The van der Waals surface area contributed by atoms with E-state index >= 15 is 0 Å². The molecule has 13 heavy (non-hydrogen) atoms. The minimum absolute atomic E-state index is 0. The molecule has 0 aromatic heterocycles. The SMILES string of the molecule is N#[N+]c1ccc(Cl)cc1[N+](=O)[O-].[Cl-]. The lowest BCUT2D eigenvalue weighted by molar-refractivity contribution is -0.383. The van der Waals surface area contributed by atoms with E-state index in [2.05, 4.69) is 4.98 Å². The standard InChI is InChI=1S/C6H3ClN3O2.ClH/c7-4-1-2-5(9-8)6(3-4)10(11)12;/h1-3H;1H/q+1;/p-1. The maximum absolute atomic E-state index is 10.3. The lowest BCUT2D eigenvalue weighted by Crippen LogP contribution is -3.00. The molecule has 1 aromatic rings. The number of nitro groups is 1. The predicted molar refractivity (Wildman–Crippen MR) is 42.9 cm³/mol. The van der Waals surface area contributed by atoms with Crippen LogP contribution in [-0.4, -0.2) is 4.92 Å². The molecule has 0 atom stereocenters. The van der Waals surface area contributed by atoms with Gasteiger partial charge in [0, 0.05) is 17.2 Å². The number of rotatable bonds is 1. The van der Waals surface area contributed by atoms with Crippen LogP contribution >= 0.6 is 11.6 Å². The summed E-state index contributed by atoms with van der Waals surface area (Å²) in [6.07, 6.45) is 0. The van der Waals surface area contributed by atoms with Gasteiger partial charge in [-0.15, -0.1) is 0 Å². The maximum atomic E-state index is 10.3. The minimum atomic E-state index is -0.666. The highest BCUT2D eigenvalue weighted by atomic mass is 35.5. The third kappa shape index (κ3) is 2.54. The lowest BCUT2D eigenvalue weighted by atomic mass is 10.3. The fraction of sp³-hybridized carbons (Fsp3) is 0. The molecule has 5 nitrogen and oxygen atoms in total. The van der Waals surface area contributed by atoms with Gasteiger partial charge in [-0.2, -0.15) is 0 Å². The van der Waals surface area contributed by atoms with E-state index < -0.39 is 4.92 Å². The van der Waals surface area contributed by atoms with Gasteiger partial charge in [-0.05, 0) is 6.07 Å². The summed E-state index contributed by atoms with van der Waals surface area (Å²) in [6, 6.07) is 3.79. The number of diazo groups is 1. The van der Waals surface area contributed by atoms with Gasteiger partial charge in [0.2, 0.25) is 5.39 Å². The predicted octanol–water partition coefficient (Wildman–Crippen LogP) is -0.263. The topological polar surface area (TPSA) is 71.3 Å². The van der Waals surface area contributed by atoms with E-state index in [1.165, 1.54) is 12.1 Å². The molecule has 0 aliphatic carbocycles. The van der Waals surface area contributed by atoms with Gasteiger partial charge in [0.15, 0.2) is 4.98 Å². The molecule has 0 bridgehead atoms. The van der Waals surface area contributed by atoms with Crippen LogP contribution in [-0.2, 0) is 0 Å². The second kappa shape index (κ2) is 4.60. The largest absolute Gasteiger partial charge is 1.00 e. The average Bonchev–Trinajstić information content (AvgIpc) is 2.04. The van der Waals surface area contributed by atoms with Gasteiger partial charge >= 0.3 is 11.4 Å². The Labute approximate surface area is 84.5 Å². The Kier molecular flexibility index (Phi) is 4.11. The molecular weight excluding hydrogens is 217 g/mol. The summed E-state index contributed by atoms with van der Waals surface area (Å²) in [5, 5.41) is 18.9. The van der Waals surface area contributed by atoms with E-state index in [0.717, 1.165) is 6.07 Å². The summed E-state index contributed by atoms with van der Waals surface area (Å²) in [5.41, 5.74) is -0.422. The Morgan fingerprint density at radius 1 is 1.54 bits per heavy atom. The quantitative estimate of drug-likeness (QED) is 0.371. The molecule has 1 aromatic carbocycles. The second-order valence-corrected chi connectivity index (χ2v) is 2.43. The fourth-order valence-corrected chi connectivity index (χ4v) is 0.894. The van der Waals surface area contributed by atoms with Crippen molar-refractivity contribution in [3.63, 3.8) is 0 Å². The smallest absolute Gasteiger partial charge is 0.461 e. The second-order valence-electron chi connectivity index (χ2n) is 1.99. The lowest BCUT2D eigenvalue weighted by Gasteiger charge is -1.87. The van der Waals surface area contributed by atoms with Crippen LogP contribution in [0.1, 0.15) is 0 Å². The van der Waals surface area contributed by atoms with E-state index in [1.54, 1.807) is 0 Å². The molecule has 0 saturated carbocycles. The molecule has 0 heterocycles. The average molecular weight is 220 g/mol. The molecule has 0 amide bonds. The Hall–Kier alpha value is -1.38. The van der Waals surface area contributed by atoms with E-state index in [-0.39, 0.29) is 28.8 Å². The molecule has 0 unspecified atom stereocenters. The number of halogens is 2. The maximum Gasteiger partial charge on any atom is 0.461 e. The summed E-state index contributed by atoms with van der Waals surface area (Å²) in [5.74, 6) is 0. The van der Waals surface area contributed by atoms with Gasteiger partial charge in [-0.25, -0.2) is 0 Å². The summed E-state index contributed by atoms with van der Waals surface area (Å²) in [4.78, 5) is 12.4. The number of hydrogen-bond donors (Lipinski definition) is 0.